The van der Waals surface area contributed by atoms with Crippen molar-refractivity contribution in [2.75, 3.05) is 50.1 Å². The third kappa shape index (κ3) is 4.08. The summed E-state index contributed by atoms with van der Waals surface area (Å²) in [5.74, 6) is 0.881. The van der Waals surface area contributed by atoms with Crippen LogP contribution in [0.5, 0.6) is 5.75 Å². The number of benzene rings is 2. The number of halogens is 1. The second-order valence-corrected chi connectivity index (χ2v) is 7.73. The topological polar surface area (TPSA) is 44.8 Å². The lowest BCUT2D eigenvalue weighted by Gasteiger charge is -2.38. The molecule has 2 atom stereocenters. The van der Waals surface area contributed by atoms with Crippen molar-refractivity contribution in [3.63, 3.8) is 0 Å². The maximum Gasteiger partial charge on any atom is 0.139 e. The number of aldehydes is 1. The van der Waals surface area contributed by atoms with E-state index in [0.717, 1.165) is 44.4 Å². The summed E-state index contributed by atoms with van der Waals surface area (Å²) >= 11 is 0. The van der Waals surface area contributed by atoms with Gasteiger partial charge in [-0.05, 0) is 48.7 Å². The molecule has 0 bridgehead atoms. The Morgan fingerprint density at radius 1 is 1.24 bits per heavy atom. The molecule has 2 aliphatic rings. The van der Waals surface area contributed by atoms with Gasteiger partial charge in [-0.15, -0.1) is 0 Å². The molecule has 1 fully saturated rings. The summed E-state index contributed by atoms with van der Waals surface area (Å²) in [6, 6.07) is 12.9. The highest BCUT2D eigenvalue weighted by Crippen LogP contribution is 2.47. The first-order valence-corrected chi connectivity index (χ1v) is 10.3. The maximum atomic E-state index is 13.0. The summed E-state index contributed by atoms with van der Waals surface area (Å²) in [6.45, 7) is 4.05. The standard InChI is InChI=1S/C23H28FN3O2/c1-25-21-5-2-4-19-20-16-26(12-10-22(20)27(13-14-28)23(19)21)11-3-15-29-18-8-6-17(24)7-9-18/h2,4-9,14,20,22,25H,3,10-13,15-16H2,1H3. The SMILES string of the molecule is CNc1cccc2c1N(CC=O)C1CCN(CCCOc3ccc(F)cc3)CC21. The quantitative estimate of drug-likeness (QED) is 0.546. The van der Waals surface area contributed by atoms with E-state index in [2.05, 4.69) is 33.3 Å². The number of carbonyl (C=O) groups excluding carboxylic acids is 1. The molecule has 154 valence electrons. The smallest absolute Gasteiger partial charge is 0.139 e. The normalized spacial score (nSPS) is 20.8. The van der Waals surface area contributed by atoms with Crippen LogP contribution in [0.2, 0.25) is 0 Å². The minimum atomic E-state index is -0.248. The molecule has 2 heterocycles. The Balaban J connectivity index is 1.37. The molecule has 2 aliphatic heterocycles. The van der Waals surface area contributed by atoms with Crippen LogP contribution in [0.15, 0.2) is 42.5 Å². The minimum Gasteiger partial charge on any atom is -0.494 e. The van der Waals surface area contributed by atoms with Crippen LogP contribution in [0.4, 0.5) is 15.8 Å². The predicted molar refractivity (Wildman–Crippen MR) is 113 cm³/mol. The van der Waals surface area contributed by atoms with Gasteiger partial charge in [-0.25, -0.2) is 4.39 Å². The van der Waals surface area contributed by atoms with Crippen molar-refractivity contribution in [2.45, 2.75) is 24.8 Å². The van der Waals surface area contributed by atoms with E-state index in [9.17, 15) is 9.18 Å². The van der Waals surface area contributed by atoms with Gasteiger partial charge in [-0.2, -0.15) is 0 Å². The monoisotopic (exact) mass is 397 g/mol. The van der Waals surface area contributed by atoms with E-state index in [0.29, 0.717) is 30.9 Å². The van der Waals surface area contributed by atoms with Gasteiger partial charge in [-0.1, -0.05) is 12.1 Å². The molecule has 2 aromatic rings. The maximum absolute atomic E-state index is 13.0. The first kappa shape index (κ1) is 19.7. The molecule has 6 heteroatoms. The second-order valence-electron chi connectivity index (χ2n) is 7.73. The number of hydrogen-bond acceptors (Lipinski definition) is 5. The van der Waals surface area contributed by atoms with Crippen LogP contribution in [-0.2, 0) is 4.79 Å². The Labute approximate surface area is 171 Å². The summed E-state index contributed by atoms with van der Waals surface area (Å²) in [5.41, 5.74) is 3.63. The van der Waals surface area contributed by atoms with Gasteiger partial charge >= 0.3 is 0 Å². The fraction of sp³-hybridized carbons (Fsp3) is 0.435. The minimum absolute atomic E-state index is 0.248. The van der Waals surface area contributed by atoms with Crippen molar-refractivity contribution >= 4 is 17.7 Å². The number of nitrogens with zero attached hydrogens (tertiary/aromatic N) is 2. The van der Waals surface area contributed by atoms with E-state index in [1.165, 1.54) is 23.4 Å². The number of fused-ring (bicyclic) bond motifs is 3. The molecule has 0 aromatic heterocycles. The van der Waals surface area contributed by atoms with Crippen LogP contribution >= 0.6 is 0 Å². The Morgan fingerprint density at radius 3 is 2.83 bits per heavy atom. The van der Waals surface area contributed by atoms with Gasteiger partial charge in [0.2, 0.25) is 0 Å². The highest BCUT2D eigenvalue weighted by Gasteiger charge is 2.42. The van der Waals surface area contributed by atoms with Gasteiger partial charge in [0.15, 0.2) is 0 Å². The van der Waals surface area contributed by atoms with Crippen LogP contribution in [0, 0.1) is 5.82 Å². The molecule has 1 N–H and O–H groups in total. The highest BCUT2D eigenvalue weighted by molar-refractivity contribution is 5.80. The van der Waals surface area contributed by atoms with Crippen molar-refractivity contribution in [1.29, 1.82) is 0 Å². The number of hydrogen-bond donors (Lipinski definition) is 1. The van der Waals surface area contributed by atoms with Crippen LogP contribution in [0.1, 0.15) is 24.3 Å². The molecule has 0 spiro atoms. The Bertz CT molecular complexity index is 843. The van der Waals surface area contributed by atoms with Gasteiger partial charge in [0, 0.05) is 38.6 Å². The van der Waals surface area contributed by atoms with Gasteiger partial charge in [0.05, 0.1) is 24.5 Å². The van der Waals surface area contributed by atoms with E-state index >= 15 is 0 Å². The molecule has 4 rings (SSSR count). The third-order valence-electron chi connectivity index (χ3n) is 6.06. The van der Waals surface area contributed by atoms with E-state index in [1.54, 1.807) is 12.1 Å². The first-order valence-electron chi connectivity index (χ1n) is 10.3. The molecular formula is C23H28FN3O2. The van der Waals surface area contributed by atoms with Crippen LogP contribution in [-0.4, -0.2) is 57.1 Å². The Morgan fingerprint density at radius 2 is 2.07 bits per heavy atom. The number of ether oxygens (including phenoxy) is 1. The fourth-order valence-electron chi connectivity index (χ4n) is 4.75. The van der Waals surface area contributed by atoms with Crippen molar-refractivity contribution in [3.8, 4) is 5.75 Å². The van der Waals surface area contributed by atoms with Gasteiger partial charge in [0.25, 0.3) is 0 Å². The van der Waals surface area contributed by atoms with Crippen molar-refractivity contribution in [1.82, 2.24) is 4.90 Å². The summed E-state index contributed by atoms with van der Waals surface area (Å²) < 4.78 is 18.7. The summed E-state index contributed by atoms with van der Waals surface area (Å²) in [6.07, 6.45) is 2.99. The Hall–Kier alpha value is -2.60. The van der Waals surface area contributed by atoms with Crippen LogP contribution in [0.25, 0.3) is 0 Å². The van der Waals surface area contributed by atoms with Crippen molar-refractivity contribution in [2.24, 2.45) is 0 Å². The zero-order valence-electron chi connectivity index (χ0n) is 16.8. The zero-order valence-corrected chi connectivity index (χ0v) is 16.8. The molecule has 2 aromatic carbocycles. The molecule has 0 radical (unpaired) electrons. The number of piperidine rings is 1. The first-order chi connectivity index (χ1) is 14.2. The molecule has 1 saturated heterocycles. The fourth-order valence-corrected chi connectivity index (χ4v) is 4.75. The Kier molecular flexibility index (Phi) is 6.00. The molecule has 5 nitrogen and oxygen atoms in total. The number of nitrogens with one attached hydrogen (secondary N) is 1. The van der Waals surface area contributed by atoms with Gasteiger partial charge < -0.3 is 24.6 Å². The summed E-state index contributed by atoms with van der Waals surface area (Å²) in [4.78, 5) is 16.1. The number of carbonyl (C=O) groups is 1. The molecular weight excluding hydrogens is 369 g/mol. The van der Waals surface area contributed by atoms with Gasteiger partial charge in [0.1, 0.15) is 17.9 Å². The van der Waals surface area contributed by atoms with Crippen LogP contribution in [0.3, 0.4) is 0 Å². The lowest BCUT2D eigenvalue weighted by molar-refractivity contribution is -0.106. The van der Waals surface area contributed by atoms with Gasteiger partial charge in [-0.3, -0.25) is 0 Å². The third-order valence-corrected chi connectivity index (χ3v) is 6.06. The number of likely N-dealkylation sites (tertiary alicyclic amines) is 1. The number of para-hydroxylation sites is 1. The lowest BCUT2D eigenvalue weighted by Crippen LogP contribution is -2.47. The predicted octanol–water partition coefficient (Wildman–Crippen LogP) is 3.51. The molecule has 2 unspecified atom stereocenters. The van der Waals surface area contributed by atoms with Crippen molar-refractivity contribution in [3.05, 3.63) is 53.8 Å². The largest absolute Gasteiger partial charge is 0.494 e. The van der Waals surface area contributed by atoms with E-state index < -0.39 is 0 Å². The molecule has 0 saturated carbocycles. The summed E-state index contributed by atoms with van der Waals surface area (Å²) in [5, 5.41) is 3.29. The summed E-state index contributed by atoms with van der Waals surface area (Å²) in [7, 11) is 1.93. The second kappa shape index (κ2) is 8.82. The zero-order chi connectivity index (χ0) is 20.2. The van der Waals surface area contributed by atoms with E-state index in [1.807, 2.05) is 7.05 Å². The number of anilines is 2. The highest BCUT2D eigenvalue weighted by atomic mass is 19.1. The van der Waals surface area contributed by atoms with Crippen LogP contribution < -0.4 is 15.0 Å². The molecule has 0 amide bonds. The molecule has 0 aliphatic carbocycles. The van der Waals surface area contributed by atoms with E-state index in [-0.39, 0.29) is 5.82 Å². The average Bonchev–Trinajstić information content (AvgIpc) is 3.06. The molecule has 29 heavy (non-hydrogen) atoms. The lowest BCUT2D eigenvalue weighted by atomic mass is 9.89. The number of rotatable bonds is 8. The average molecular weight is 397 g/mol. The van der Waals surface area contributed by atoms with Crippen molar-refractivity contribution < 1.29 is 13.9 Å². The van der Waals surface area contributed by atoms with E-state index in [4.69, 9.17) is 4.74 Å².